The Kier molecular flexibility index (Phi) is 4.20. The van der Waals surface area contributed by atoms with Crippen LogP contribution in [-0.2, 0) is 4.79 Å². The summed E-state index contributed by atoms with van der Waals surface area (Å²) in [5.41, 5.74) is 1.16. The molecule has 0 radical (unpaired) electrons. The molecule has 3 rings (SSSR count). The molecular weight excluding hydrogens is 307 g/mol. The van der Waals surface area contributed by atoms with Crippen LogP contribution in [0.1, 0.15) is 6.42 Å². The van der Waals surface area contributed by atoms with Crippen molar-refractivity contribution in [2.75, 3.05) is 25.0 Å². The van der Waals surface area contributed by atoms with Crippen LogP contribution in [0.3, 0.4) is 0 Å². The molecule has 0 bridgehead atoms. The van der Waals surface area contributed by atoms with Crippen LogP contribution in [0, 0.1) is 5.82 Å². The maximum absolute atomic E-state index is 13.5. The first-order chi connectivity index (χ1) is 10.6. The first-order valence-electron chi connectivity index (χ1n) is 6.92. The van der Waals surface area contributed by atoms with Crippen molar-refractivity contribution in [1.82, 2.24) is 14.9 Å². The van der Waals surface area contributed by atoms with Crippen molar-refractivity contribution in [3.63, 3.8) is 0 Å². The highest BCUT2D eigenvalue weighted by molar-refractivity contribution is 6.30. The molecule has 0 saturated carbocycles. The van der Waals surface area contributed by atoms with Gasteiger partial charge in [-0.05, 0) is 18.6 Å². The first-order valence-corrected chi connectivity index (χ1v) is 7.30. The van der Waals surface area contributed by atoms with Gasteiger partial charge in [0.05, 0.1) is 17.3 Å². The lowest BCUT2D eigenvalue weighted by Crippen LogP contribution is -2.44. The van der Waals surface area contributed by atoms with Crippen LogP contribution in [0.15, 0.2) is 30.6 Å². The van der Waals surface area contributed by atoms with E-state index in [9.17, 15) is 9.18 Å². The summed E-state index contributed by atoms with van der Waals surface area (Å²) in [5.74, 6) is 0.0680. The number of anilines is 1. The highest BCUT2D eigenvalue weighted by atomic mass is 35.5. The van der Waals surface area contributed by atoms with Gasteiger partial charge in [-0.15, -0.1) is 0 Å². The molecule has 1 N–H and O–H groups in total. The van der Waals surface area contributed by atoms with Crippen molar-refractivity contribution >= 4 is 23.3 Å². The second-order valence-corrected chi connectivity index (χ2v) is 5.41. The Bertz CT molecular complexity index is 706. The summed E-state index contributed by atoms with van der Waals surface area (Å²) in [7, 11) is 0. The number of aromatic nitrogens is 2. The van der Waals surface area contributed by atoms with Crippen molar-refractivity contribution in [2.45, 2.75) is 6.42 Å². The monoisotopic (exact) mass is 320 g/mol. The van der Waals surface area contributed by atoms with Crippen molar-refractivity contribution in [3.05, 3.63) is 41.4 Å². The minimum atomic E-state index is -0.500. The molecule has 0 spiro atoms. The Balaban J connectivity index is 1.71. The van der Waals surface area contributed by atoms with Gasteiger partial charge in [0, 0.05) is 24.7 Å². The molecule has 0 aliphatic carbocycles. The number of hydrogen-bond acceptors (Lipinski definition) is 4. The van der Waals surface area contributed by atoms with E-state index in [0.717, 1.165) is 19.5 Å². The molecule has 1 aliphatic heterocycles. The zero-order valence-electron chi connectivity index (χ0n) is 11.7. The zero-order valence-corrected chi connectivity index (χ0v) is 12.5. The molecule has 114 valence electrons. The summed E-state index contributed by atoms with van der Waals surface area (Å²) in [6.45, 7) is 1.82. The molecule has 0 unspecified atom stereocenters. The van der Waals surface area contributed by atoms with Crippen LogP contribution >= 0.6 is 11.6 Å². The van der Waals surface area contributed by atoms with E-state index in [4.69, 9.17) is 11.6 Å². The average molecular weight is 321 g/mol. The largest absolute Gasteiger partial charge is 0.361 e. The number of rotatable bonds is 4. The van der Waals surface area contributed by atoms with Gasteiger partial charge >= 0.3 is 0 Å². The summed E-state index contributed by atoms with van der Waals surface area (Å²) < 4.78 is 13.5. The van der Waals surface area contributed by atoms with Crippen molar-refractivity contribution in [3.8, 4) is 11.3 Å². The summed E-state index contributed by atoms with van der Waals surface area (Å²) in [6, 6.07) is 6.16. The lowest BCUT2D eigenvalue weighted by molar-refractivity contribution is -0.132. The van der Waals surface area contributed by atoms with Gasteiger partial charge in [0.25, 0.3) is 0 Å². The highest BCUT2D eigenvalue weighted by Crippen LogP contribution is 2.23. The fraction of sp³-hybridized carbons (Fsp3) is 0.267. The van der Waals surface area contributed by atoms with Gasteiger partial charge in [-0.2, -0.15) is 0 Å². The predicted octanol–water partition coefficient (Wildman–Crippen LogP) is 2.58. The third kappa shape index (κ3) is 3.17. The minimum Gasteiger partial charge on any atom is -0.361 e. The fourth-order valence-electron chi connectivity index (χ4n) is 2.11. The SMILES string of the molecule is O=C(CNc1cc(-c2ccc(Cl)c(F)c2)ncn1)N1CCC1. The summed E-state index contributed by atoms with van der Waals surface area (Å²) >= 11 is 5.67. The Morgan fingerprint density at radius 1 is 1.32 bits per heavy atom. The second kappa shape index (κ2) is 6.27. The second-order valence-electron chi connectivity index (χ2n) is 5.01. The molecule has 22 heavy (non-hydrogen) atoms. The Labute approximate surface area is 132 Å². The van der Waals surface area contributed by atoms with Gasteiger partial charge in [-0.3, -0.25) is 4.79 Å². The molecule has 0 atom stereocenters. The van der Waals surface area contributed by atoms with Crippen LogP contribution < -0.4 is 5.32 Å². The third-order valence-electron chi connectivity index (χ3n) is 3.51. The van der Waals surface area contributed by atoms with Gasteiger partial charge in [0.1, 0.15) is 18.0 Å². The maximum atomic E-state index is 13.5. The predicted molar refractivity (Wildman–Crippen MR) is 82.1 cm³/mol. The van der Waals surface area contributed by atoms with Crippen LogP contribution in [0.25, 0.3) is 11.3 Å². The number of nitrogens with zero attached hydrogens (tertiary/aromatic N) is 3. The molecule has 2 aromatic rings. The number of carbonyl (C=O) groups excluding carboxylic acids is 1. The number of hydrogen-bond donors (Lipinski definition) is 1. The van der Waals surface area contributed by atoms with Gasteiger partial charge in [0.15, 0.2) is 0 Å². The van der Waals surface area contributed by atoms with Gasteiger partial charge in [-0.1, -0.05) is 17.7 Å². The Morgan fingerprint density at radius 2 is 2.14 bits per heavy atom. The van der Waals surface area contributed by atoms with Crippen LogP contribution in [0.4, 0.5) is 10.2 Å². The Morgan fingerprint density at radius 3 is 2.82 bits per heavy atom. The minimum absolute atomic E-state index is 0.0453. The van der Waals surface area contributed by atoms with E-state index in [0.29, 0.717) is 17.1 Å². The van der Waals surface area contributed by atoms with Crippen molar-refractivity contribution in [1.29, 1.82) is 0 Å². The molecule has 1 aliphatic rings. The van der Waals surface area contributed by atoms with E-state index >= 15 is 0 Å². The normalized spacial score (nSPS) is 13.6. The molecule has 7 heteroatoms. The van der Waals surface area contributed by atoms with Gasteiger partial charge < -0.3 is 10.2 Å². The van der Waals surface area contributed by atoms with Crippen LogP contribution in [0.5, 0.6) is 0 Å². The highest BCUT2D eigenvalue weighted by Gasteiger charge is 2.19. The molecule has 1 fully saturated rings. The van der Waals surface area contributed by atoms with E-state index in [1.165, 1.54) is 18.5 Å². The lowest BCUT2D eigenvalue weighted by atomic mass is 10.1. The van der Waals surface area contributed by atoms with E-state index in [-0.39, 0.29) is 17.5 Å². The number of amides is 1. The van der Waals surface area contributed by atoms with Crippen molar-refractivity contribution < 1.29 is 9.18 Å². The molecular formula is C15H14ClFN4O. The average Bonchev–Trinajstić information content (AvgIpc) is 2.46. The standard InChI is InChI=1S/C15H14ClFN4O/c16-11-3-2-10(6-12(11)17)13-7-14(20-9-19-13)18-8-15(22)21-4-1-5-21/h2-3,6-7,9H,1,4-5,8H2,(H,18,19,20). The number of benzene rings is 1. The summed E-state index contributed by atoms with van der Waals surface area (Å²) in [5, 5.41) is 3.03. The van der Waals surface area contributed by atoms with Crippen LogP contribution in [-0.4, -0.2) is 40.4 Å². The zero-order chi connectivity index (χ0) is 15.5. The van der Waals surface area contributed by atoms with E-state index in [1.807, 2.05) is 0 Å². The van der Waals surface area contributed by atoms with E-state index < -0.39 is 5.82 Å². The third-order valence-corrected chi connectivity index (χ3v) is 3.82. The molecule has 1 aromatic carbocycles. The van der Waals surface area contributed by atoms with Crippen LogP contribution in [0.2, 0.25) is 5.02 Å². The number of likely N-dealkylation sites (tertiary alicyclic amines) is 1. The topological polar surface area (TPSA) is 58.1 Å². The molecule has 1 amide bonds. The lowest BCUT2D eigenvalue weighted by Gasteiger charge is -2.30. The smallest absolute Gasteiger partial charge is 0.241 e. The van der Waals surface area contributed by atoms with Gasteiger partial charge in [0.2, 0.25) is 5.91 Å². The van der Waals surface area contributed by atoms with Gasteiger partial charge in [-0.25, -0.2) is 14.4 Å². The Hall–Kier alpha value is -2.21. The molecule has 5 nitrogen and oxygen atoms in total. The quantitative estimate of drug-likeness (QED) is 0.940. The fourth-order valence-corrected chi connectivity index (χ4v) is 2.23. The number of nitrogens with one attached hydrogen (secondary N) is 1. The maximum Gasteiger partial charge on any atom is 0.241 e. The summed E-state index contributed by atoms with van der Waals surface area (Å²) in [4.78, 5) is 21.8. The number of halogens is 2. The molecule has 1 aromatic heterocycles. The molecule has 1 saturated heterocycles. The first kappa shape index (κ1) is 14.7. The summed E-state index contributed by atoms with van der Waals surface area (Å²) in [6.07, 6.45) is 2.43. The van der Waals surface area contributed by atoms with Crippen molar-refractivity contribution in [2.24, 2.45) is 0 Å². The number of carbonyl (C=O) groups is 1. The molecule has 2 heterocycles. The van der Waals surface area contributed by atoms with E-state index in [2.05, 4.69) is 15.3 Å². The van der Waals surface area contributed by atoms with E-state index in [1.54, 1.807) is 17.0 Å².